The minimum atomic E-state index is -1.41. The Morgan fingerprint density at radius 1 is 1.19 bits per heavy atom. The third-order valence-corrected chi connectivity index (χ3v) is 4.10. The predicted octanol–water partition coefficient (Wildman–Crippen LogP) is -3.25. The number of nitrogens with one attached hydrogen (secondary N) is 2. The molecule has 0 aliphatic carbocycles. The van der Waals surface area contributed by atoms with Crippen LogP contribution in [-0.2, 0) is 19.2 Å². The fourth-order valence-electron chi connectivity index (χ4n) is 2.61. The Labute approximate surface area is 150 Å². The molecule has 1 saturated heterocycles. The summed E-state index contributed by atoms with van der Waals surface area (Å²) in [6.07, 6.45) is -0.539. The molecule has 1 rings (SSSR count). The third-order valence-electron chi connectivity index (χ3n) is 4.10. The Morgan fingerprint density at radius 2 is 1.81 bits per heavy atom. The van der Waals surface area contributed by atoms with Gasteiger partial charge in [-0.25, -0.2) is 4.79 Å². The lowest BCUT2D eigenvalue weighted by atomic mass is 10.1. The number of nitrogens with zero attached hydrogens (tertiary/aromatic N) is 1. The minimum absolute atomic E-state index is 0.194. The highest BCUT2D eigenvalue weighted by atomic mass is 16.4. The first kappa shape index (κ1) is 21.8. The average molecular weight is 374 g/mol. The summed E-state index contributed by atoms with van der Waals surface area (Å²) in [5.41, 5.74) is 5.38. The van der Waals surface area contributed by atoms with Gasteiger partial charge in [0.15, 0.2) is 0 Å². The molecule has 26 heavy (non-hydrogen) atoms. The number of aliphatic hydroxyl groups is 2. The molecule has 0 saturated carbocycles. The van der Waals surface area contributed by atoms with Gasteiger partial charge in [-0.1, -0.05) is 0 Å². The van der Waals surface area contributed by atoms with E-state index in [2.05, 4.69) is 10.6 Å². The van der Waals surface area contributed by atoms with E-state index in [0.29, 0.717) is 6.42 Å². The second kappa shape index (κ2) is 9.46. The molecule has 0 aromatic rings. The zero-order valence-corrected chi connectivity index (χ0v) is 14.7. The summed E-state index contributed by atoms with van der Waals surface area (Å²) in [4.78, 5) is 48.8. The quantitative estimate of drug-likeness (QED) is 0.256. The molecule has 0 radical (unpaired) electrons. The second-order valence-electron chi connectivity index (χ2n) is 6.29. The van der Waals surface area contributed by atoms with Crippen molar-refractivity contribution in [3.63, 3.8) is 0 Å². The van der Waals surface area contributed by atoms with Crippen LogP contribution in [0.4, 0.5) is 0 Å². The number of carboxylic acids is 1. The number of rotatable bonds is 8. The highest BCUT2D eigenvalue weighted by Crippen LogP contribution is 2.19. The molecular weight excluding hydrogens is 348 g/mol. The molecule has 1 fully saturated rings. The topological polar surface area (TPSA) is 182 Å². The summed E-state index contributed by atoms with van der Waals surface area (Å²) >= 11 is 0. The number of carboxylic acid groups (broad SMARTS) is 1. The lowest BCUT2D eigenvalue weighted by Gasteiger charge is -2.29. The lowest BCUT2D eigenvalue weighted by Crippen LogP contribution is -2.60. The number of hydrogen-bond acceptors (Lipinski definition) is 7. The number of carbonyl (C=O) groups is 4. The summed E-state index contributed by atoms with van der Waals surface area (Å²) < 4.78 is 0. The van der Waals surface area contributed by atoms with Crippen LogP contribution in [0.5, 0.6) is 0 Å². The molecule has 7 N–H and O–H groups in total. The van der Waals surface area contributed by atoms with E-state index in [-0.39, 0.29) is 13.0 Å². The van der Waals surface area contributed by atoms with Crippen molar-refractivity contribution in [3.8, 4) is 0 Å². The van der Waals surface area contributed by atoms with Crippen LogP contribution in [0.15, 0.2) is 0 Å². The molecule has 5 unspecified atom stereocenters. The molecule has 3 amide bonds. The van der Waals surface area contributed by atoms with Crippen molar-refractivity contribution in [1.29, 1.82) is 0 Å². The Balaban J connectivity index is 2.86. The van der Waals surface area contributed by atoms with E-state index in [0.717, 1.165) is 4.90 Å². The smallest absolute Gasteiger partial charge is 0.326 e. The lowest BCUT2D eigenvalue weighted by molar-refractivity contribution is -0.150. The summed E-state index contributed by atoms with van der Waals surface area (Å²) in [5, 5.41) is 32.8. The van der Waals surface area contributed by atoms with E-state index in [4.69, 9.17) is 5.73 Å². The first-order valence-corrected chi connectivity index (χ1v) is 8.28. The molecule has 11 nitrogen and oxygen atoms in total. The van der Waals surface area contributed by atoms with Crippen molar-refractivity contribution in [2.45, 2.75) is 57.0 Å². The van der Waals surface area contributed by atoms with Gasteiger partial charge in [0.1, 0.15) is 18.1 Å². The maximum Gasteiger partial charge on any atom is 0.326 e. The van der Waals surface area contributed by atoms with Crippen LogP contribution in [0.3, 0.4) is 0 Å². The van der Waals surface area contributed by atoms with Gasteiger partial charge in [0, 0.05) is 6.54 Å². The van der Waals surface area contributed by atoms with Crippen LogP contribution in [-0.4, -0.2) is 87.3 Å². The Bertz CT molecular complexity index is 552. The van der Waals surface area contributed by atoms with Gasteiger partial charge in [0.05, 0.1) is 18.8 Å². The van der Waals surface area contributed by atoms with Gasteiger partial charge in [-0.15, -0.1) is 0 Å². The number of nitrogens with two attached hydrogens (primary N) is 1. The molecule has 0 aromatic heterocycles. The molecule has 1 aliphatic heterocycles. The summed E-state index contributed by atoms with van der Waals surface area (Å²) in [7, 11) is 0. The van der Waals surface area contributed by atoms with Crippen LogP contribution in [0, 0.1) is 0 Å². The number of aliphatic carboxylic acids is 1. The van der Waals surface area contributed by atoms with E-state index in [1.807, 2.05) is 0 Å². The van der Waals surface area contributed by atoms with Gasteiger partial charge in [0.2, 0.25) is 17.7 Å². The van der Waals surface area contributed by atoms with Crippen molar-refractivity contribution in [2.24, 2.45) is 5.73 Å². The van der Waals surface area contributed by atoms with E-state index < -0.39 is 60.6 Å². The SMILES string of the molecule is CC(N)C(=O)NC(CO)C(=O)NC(C(=O)N1CCCC1C(=O)O)C(C)O. The summed E-state index contributed by atoms with van der Waals surface area (Å²) in [5.74, 6) is -3.48. The fourth-order valence-corrected chi connectivity index (χ4v) is 2.61. The largest absolute Gasteiger partial charge is 0.480 e. The maximum atomic E-state index is 12.6. The maximum absolute atomic E-state index is 12.6. The van der Waals surface area contributed by atoms with E-state index >= 15 is 0 Å². The Kier molecular flexibility index (Phi) is 7.93. The standard InChI is InChI=1S/C15H26N4O7/c1-7(16)12(22)17-9(6-20)13(23)18-11(8(2)21)14(24)19-5-3-4-10(19)15(25)26/h7-11,20-21H,3-6,16H2,1-2H3,(H,17,22)(H,18,23)(H,25,26). The monoisotopic (exact) mass is 374 g/mol. The molecule has 11 heteroatoms. The predicted molar refractivity (Wildman–Crippen MR) is 88.6 cm³/mol. The zero-order chi connectivity index (χ0) is 20.0. The second-order valence-corrected chi connectivity index (χ2v) is 6.29. The van der Waals surface area contributed by atoms with Crippen LogP contribution in [0.1, 0.15) is 26.7 Å². The van der Waals surface area contributed by atoms with Gasteiger partial charge in [-0.2, -0.15) is 0 Å². The molecule has 148 valence electrons. The van der Waals surface area contributed by atoms with Gasteiger partial charge in [-0.05, 0) is 26.7 Å². The van der Waals surface area contributed by atoms with Crippen LogP contribution < -0.4 is 16.4 Å². The number of likely N-dealkylation sites (tertiary alicyclic amines) is 1. The van der Waals surface area contributed by atoms with Crippen molar-refractivity contribution in [1.82, 2.24) is 15.5 Å². The number of amides is 3. The van der Waals surface area contributed by atoms with Crippen LogP contribution in [0.25, 0.3) is 0 Å². The van der Waals surface area contributed by atoms with Crippen molar-refractivity contribution < 1.29 is 34.5 Å². The number of hydrogen-bond donors (Lipinski definition) is 6. The summed E-state index contributed by atoms with van der Waals surface area (Å²) in [6.45, 7) is 2.11. The molecule has 1 aliphatic rings. The molecule has 0 spiro atoms. The molecule has 1 heterocycles. The van der Waals surface area contributed by atoms with Gasteiger partial charge < -0.3 is 36.6 Å². The first-order chi connectivity index (χ1) is 12.1. The van der Waals surface area contributed by atoms with Crippen molar-refractivity contribution in [2.75, 3.05) is 13.2 Å². The fraction of sp³-hybridized carbons (Fsp3) is 0.733. The Hall–Kier alpha value is -2.24. The zero-order valence-electron chi connectivity index (χ0n) is 14.7. The molecule has 0 aromatic carbocycles. The van der Waals surface area contributed by atoms with Crippen molar-refractivity contribution in [3.05, 3.63) is 0 Å². The molecule has 0 bridgehead atoms. The van der Waals surface area contributed by atoms with Crippen LogP contribution in [0.2, 0.25) is 0 Å². The highest BCUT2D eigenvalue weighted by molar-refractivity contribution is 5.94. The van der Waals surface area contributed by atoms with E-state index in [9.17, 15) is 34.5 Å². The van der Waals surface area contributed by atoms with Gasteiger partial charge in [-0.3, -0.25) is 14.4 Å². The normalized spacial score (nSPS) is 21.4. The Morgan fingerprint density at radius 3 is 2.27 bits per heavy atom. The average Bonchev–Trinajstić information content (AvgIpc) is 3.05. The molecular formula is C15H26N4O7. The number of aliphatic hydroxyl groups excluding tert-OH is 2. The van der Waals surface area contributed by atoms with Crippen LogP contribution >= 0.6 is 0 Å². The number of carbonyl (C=O) groups excluding carboxylic acids is 3. The highest BCUT2D eigenvalue weighted by Gasteiger charge is 2.39. The van der Waals surface area contributed by atoms with Gasteiger partial charge in [0.25, 0.3) is 0 Å². The van der Waals surface area contributed by atoms with E-state index in [1.165, 1.54) is 13.8 Å². The van der Waals surface area contributed by atoms with Crippen molar-refractivity contribution >= 4 is 23.7 Å². The van der Waals surface area contributed by atoms with Gasteiger partial charge >= 0.3 is 5.97 Å². The first-order valence-electron chi connectivity index (χ1n) is 8.28. The summed E-state index contributed by atoms with van der Waals surface area (Å²) in [6, 6.07) is -4.71. The third kappa shape index (κ3) is 5.38. The van der Waals surface area contributed by atoms with E-state index in [1.54, 1.807) is 0 Å². The minimum Gasteiger partial charge on any atom is -0.480 e. The molecule has 5 atom stereocenters.